The Morgan fingerprint density at radius 1 is 1.32 bits per heavy atom. The monoisotopic (exact) mass is 321 g/mol. The average molecular weight is 322 g/mol. The molecule has 1 heterocycles. The zero-order valence-electron chi connectivity index (χ0n) is 11.4. The highest BCUT2D eigenvalue weighted by Crippen LogP contribution is 2.29. The SMILES string of the molecule is CCCn1ncc(Br)c1C(N)c1ccccc1CC. The number of rotatable bonds is 5. The Labute approximate surface area is 122 Å². The normalized spacial score (nSPS) is 12.6. The second-order valence-electron chi connectivity index (χ2n) is 4.63. The van der Waals surface area contributed by atoms with E-state index in [1.54, 1.807) is 0 Å². The molecular weight excluding hydrogens is 302 g/mol. The van der Waals surface area contributed by atoms with Gasteiger partial charge in [0.15, 0.2) is 0 Å². The second kappa shape index (κ2) is 6.35. The Bertz CT molecular complexity index is 548. The van der Waals surface area contributed by atoms with Crippen LogP contribution in [0.1, 0.15) is 43.1 Å². The largest absolute Gasteiger partial charge is 0.319 e. The van der Waals surface area contributed by atoms with Gasteiger partial charge in [0.25, 0.3) is 0 Å². The van der Waals surface area contributed by atoms with E-state index in [9.17, 15) is 0 Å². The van der Waals surface area contributed by atoms with Gasteiger partial charge in [-0.25, -0.2) is 0 Å². The number of nitrogens with zero attached hydrogens (tertiary/aromatic N) is 2. The molecule has 0 spiro atoms. The lowest BCUT2D eigenvalue weighted by molar-refractivity contribution is 0.558. The van der Waals surface area contributed by atoms with Gasteiger partial charge in [0.05, 0.1) is 22.4 Å². The number of hydrogen-bond acceptors (Lipinski definition) is 2. The van der Waals surface area contributed by atoms with Gasteiger partial charge in [-0.3, -0.25) is 4.68 Å². The smallest absolute Gasteiger partial charge is 0.0739 e. The second-order valence-corrected chi connectivity index (χ2v) is 5.49. The minimum Gasteiger partial charge on any atom is -0.319 e. The van der Waals surface area contributed by atoms with Crippen molar-refractivity contribution in [3.05, 3.63) is 51.8 Å². The molecule has 0 radical (unpaired) electrons. The van der Waals surface area contributed by atoms with Crippen LogP contribution in [0.5, 0.6) is 0 Å². The molecule has 1 aromatic carbocycles. The maximum atomic E-state index is 6.48. The van der Waals surface area contributed by atoms with Crippen LogP contribution >= 0.6 is 15.9 Å². The summed E-state index contributed by atoms with van der Waals surface area (Å²) in [4.78, 5) is 0. The van der Waals surface area contributed by atoms with Crippen molar-refractivity contribution in [1.29, 1.82) is 0 Å². The number of hydrogen-bond donors (Lipinski definition) is 1. The molecule has 0 saturated carbocycles. The van der Waals surface area contributed by atoms with Crippen molar-refractivity contribution in [2.45, 2.75) is 39.3 Å². The summed E-state index contributed by atoms with van der Waals surface area (Å²) in [5.41, 5.74) is 10.0. The number of aryl methyl sites for hydroxylation is 2. The van der Waals surface area contributed by atoms with Crippen molar-refractivity contribution in [2.24, 2.45) is 5.73 Å². The van der Waals surface area contributed by atoms with Crippen LogP contribution in [0.2, 0.25) is 0 Å². The van der Waals surface area contributed by atoms with Crippen LogP contribution in [-0.4, -0.2) is 9.78 Å². The van der Waals surface area contributed by atoms with Crippen molar-refractivity contribution in [3.8, 4) is 0 Å². The Morgan fingerprint density at radius 2 is 2.05 bits per heavy atom. The van der Waals surface area contributed by atoms with Gasteiger partial charge in [0.2, 0.25) is 0 Å². The number of nitrogens with two attached hydrogens (primary N) is 1. The highest BCUT2D eigenvalue weighted by Gasteiger charge is 2.19. The fourth-order valence-electron chi connectivity index (χ4n) is 2.38. The zero-order valence-corrected chi connectivity index (χ0v) is 13.0. The summed E-state index contributed by atoms with van der Waals surface area (Å²) in [5, 5.41) is 4.40. The van der Waals surface area contributed by atoms with Crippen molar-refractivity contribution in [3.63, 3.8) is 0 Å². The molecule has 19 heavy (non-hydrogen) atoms. The molecule has 102 valence electrons. The molecule has 0 saturated heterocycles. The standard InChI is InChI=1S/C15H20BrN3/c1-3-9-19-15(13(16)10-18-19)14(17)12-8-6-5-7-11(12)4-2/h5-8,10,14H,3-4,9,17H2,1-2H3. The third kappa shape index (κ3) is 2.90. The topological polar surface area (TPSA) is 43.8 Å². The fourth-order valence-corrected chi connectivity index (χ4v) is 2.92. The summed E-state index contributed by atoms with van der Waals surface area (Å²) in [6, 6.07) is 8.22. The molecule has 0 aliphatic rings. The van der Waals surface area contributed by atoms with E-state index < -0.39 is 0 Å². The maximum Gasteiger partial charge on any atom is 0.0739 e. The van der Waals surface area contributed by atoms with Crippen LogP contribution < -0.4 is 5.73 Å². The molecule has 1 unspecified atom stereocenters. The van der Waals surface area contributed by atoms with E-state index in [0.717, 1.165) is 29.6 Å². The predicted molar refractivity (Wildman–Crippen MR) is 82.1 cm³/mol. The highest BCUT2D eigenvalue weighted by molar-refractivity contribution is 9.10. The molecule has 2 rings (SSSR count). The van der Waals surface area contributed by atoms with E-state index in [2.05, 4.69) is 53.1 Å². The van der Waals surface area contributed by atoms with Crippen molar-refractivity contribution in [2.75, 3.05) is 0 Å². The first kappa shape index (κ1) is 14.3. The quantitative estimate of drug-likeness (QED) is 0.913. The van der Waals surface area contributed by atoms with Crippen LogP contribution in [0.15, 0.2) is 34.9 Å². The summed E-state index contributed by atoms with van der Waals surface area (Å²) >= 11 is 3.57. The summed E-state index contributed by atoms with van der Waals surface area (Å²) < 4.78 is 2.99. The van der Waals surface area contributed by atoms with E-state index in [4.69, 9.17) is 5.73 Å². The van der Waals surface area contributed by atoms with Crippen molar-refractivity contribution < 1.29 is 0 Å². The van der Waals surface area contributed by atoms with Crippen molar-refractivity contribution >= 4 is 15.9 Å². The summed E-state index contributed by atoms with van der Waals surface area (Å²) in [7, 11) is 0. The van der Waals surface area contributed by atoms with E-state index in [1.807, 2.05) is 16.9 Å². The minimum absolute atomic E-state index is 0.139. The van der Waals surface area contributed by atoms with Crippen LogP contribution in [0, 0.1) is 0 Å². The number of aromatic nitrogens is 2. The van der Waals surface area contributed by atoms with Gasteiger partial charge >= 0.3 is 0 Å². The summed E-state index contributed by atoms with van der Waals surface area (Å²) in [6.07, 6.45) is 3.87. The Hall–Kier alpha value is -1.13. The molecule has 0 aliphatic heterocycles. The molecule has 2 N–H and O–H groups in total. The number of benzene rings is 1. The molecule has 0 bridgehead atoms. The lowest BCUT2D eigenvalue weighted by Gasteiger charge is -2.18. The maximum absolute atomic E-state index is 6.48. The lowest BCUT2D eigenvalue weighted by Crippen LogP contribution is -2.19. The molecule has 1 aromatic heterocycles. The first-order valence-corrected chi connectivity index (χ1v) is 7.52. The molecule has 0 aliphatic carbocycles. The molecule has 3 nitrogen and oxygen atoms in total. The Balaban J connectivity index is 2.43. The minimum atomic E-state index is -0.139. The third-order valence-corrected chi connectivity index (χ3v) is 3.95. The first-order chi connectivity index (χ1) is 9.19. The number of halogens is 1. The molecule has 1 atom stereocenters. The van der Waals surface area contributed by atoms with Crippen LogP contribution in [-0.2, 0) is 13.0 Å². The van der Waals surface area contributed by atoms with E-state index in [0.29, 0.717) is 0 Å². The van der Waals surface area contributed by atoms with Gasteiger partial charge in [0, 0.05) is 6.54 Å². The van der Waals surface area contributed by atoms with E-state index in [1.165, 1.54) is 11.1 Å². The molecule has 4 heteroatoms. The average Bonchev–Trinajstić information content (AvgIpc) is 2.79. The first-order valence-electron chi connectivity index (χ1n) is 6.73. The van der Waals surface area contributed by atoms with Gasteiger partial charge in [-0.05, 0) is 39.9 Å². The zero-order chi connectivity index (χ0) is 13.8. The lowest BCUT2D eigenvalue weighted by atomic mass is 9.97. The Morgan fingerprint density at radius 3 is 2.74 bits per heavy atom. The van der Waals surface area contributed by atoms with Gasteiger partial charge in [0.1, 0.15) is 0 Å². The van der Waals surface area contributed by atoms with Gasteiger partial charge in [-0.2, -0.15) is 5.10 Å². The third-order valence-electron chi connectivity index (χ3n) is 3.33. The predicted octanol–water partition coefficient (Wildman–Crippen LogP) is 3.67. The molecule has 0 fully saturated rings. The van der Waals surface area contributed by atoms with Gasteiger partial charge in [-0.1, -0.05) is 38.1 Å². The van der Waals surface area contributed by atoms with Crippen LogP contribution in [0.4, 0.5) is 0 Å². The molecule has 2 aromatic rings. The molecular formula is C15H20BrN3. The van der Waals surface area contributed by atoms with Gasteiger partial charge in [-0.15, -0.1) is 0 Å². The van der Waals surface area contributed by atoms with E-state index in [-0.39, 0.29) is 6.04 Å². The van der Waals surface area contributed by atoms with Crippen LogP contribution in [0.25, 0.3) is 0 Å². The summed E-state index contributed by atoms with van der Waals surface area (Å²) in [5.74, 6) is 0. The summed E-state index contributed by atoms with van der Waals surface area (Å²) in [6.45, 7) is 5.19. The van der Waals surface area contributed by atoms with Crippen molar-refractivity contribution in [1.82, 2.24) is 9.78 Å². The fraction of sp³-hybridized carbons (Fsp3) is 0.400. The highest BCUT2D eigenvalue weighted by atomic mass is 79.9. The Kier molecular flexibility index (Phi) is 4.77. The molecule has 0 amide bonds. The van der Waals surface area contributed by atoms with Crippen LogP contribution in [0.3, 0.4) is 0 Å². The van der Waals surface area contributed by atoms with E-state index >= 15 is 0 Å². The van der Waals surface area contributed by atoms with Gasteiger partial charge < -0.3 is 5.73 Å².